The van der Waals surface area contributed by atoms with Crippen LogP contribution >= 0.6 is 11.8 Å². The lowest BCUT2D eigenvalue weighted by Crippen LogP contribution is -2.02. The van der Waals surface area contributed by atoms with Gasteiger partial charge in [-0.3, -0.25) is 4.79 Å². The molecule has 0 unspecified atom stereocenters. The van der Waals surface area contributed by atoms with E-state index in [1.165, 1.54) is 11.8 Å². The minimum absolute atomic E-state index is 0.238. The first kappa shape index (κ1) is 18.3. The minimum Gasteiger partial charge on any atom is -0.490 e. The van der Waals surface area contributed by atoms with Gasteiger partial charge in [-0.25, -0.2) is 0 Å². The summed E-state index contributed by atoms with van der Waals surface area (Å²) in [4.78, 5) is 10.8. The Balaban J connectivity index is 1.78. The van der Waals surface area contributed by atoms with E-state index in [9.17, 15) is 4.79 Å². The van der Waals surface area contributed by atoms with Crippen molar-refractivity contribution in [3.63, 3.8) is 0 Å². The summed E-state index contributed by atoms with van der Waals surface area (Å²) in [5.74, 6) is 2.95. The molecule has 0 bridgehead atoms. The van der Waals surface area contributed by atoms with E-state index in [0.717, 1.165) is 18.5 Å². The third kappa shape index (κ3) is 5.26. The maximum atomic E-state index is 10.8. The number of carbonyl (C=O) groups excluding carboxylic acids is 1. The Bertz CT molecular complexity index is 658. The molecule has 0 aliphatic rings. The summed E-state index contributed by atoms with van der Waals surface area (Å²) in [5.41, 5.74) is 0.568. The maximum Gasteiger partial charge on any atom is 0.276 e. The van der Waals surface area contributed by atoms with Crippen molar-refractivity contribution in [1.29, 1.82) is 0 Å². The fourth-order valence-electron chi connectivity index (χ4n) is 1.90. The van der Waals surface area contributed by atoms with E-state index in [-0.39, 0.29) is 5.92 Å². The van der Waals surface area contributed by atoms with Crippen molar-refractivity contribution in [2.45, 2.75) is 38.3 Å². The summed E-state index contributed by atoms with van der Waals surface area (Å²) >= 11 is 1.52. The molecule has 24 heavy (non-hydrogen) atoms. The zero-order valence-electron chi connectivity index (χ0n) is 14.2. The van der Waals surface area contributed by atoms with Crippen molar-refractivity contribution in [2.24, 2.45) is 0 Å². The Morgan fingerprint density at radius 2 is 2.08 bits per heavy atom. The summed E-state index contributed by atoms with van der Waals surface area (Å²) in [6.45, 7) is 6.98. The van der Waals surface area contributed by atoms with Crippen LogP contribution in [0.2, 0.25) is 0 Å². The average molecular weight is 350 g/mol. The van der Waals surface area contributed by atoms with Crippen LogP contribution in [-0.2, 0) is 0 Å². The van der Waals surface area contributed by atoms with Gasteiger partial charge < -0.3 is 13.9 Å². The molecular formula is C17H22N2O4S. The van der Waals surface area contributed by atoms with Crippen molar-refractivity contribution in [3.8, 4) is 11.5 Å². The van der Waals surface area contributed by atoms with Crippen LogP contribution < -0.4 is 9.47 Å². The van der Waals surface area contributed by atoms with Gasteiger partial charge in [-0.1, -0.05) is 25.6 Å². The van der Waals surface area contributed by atoms with Crippen molar-refractivity contribution in [3.05, 3.63) is 29.7 Å². The zero-order valence-corrected chi connectivity index (χ0v) is 15.0. The summed E-state index contributed by atoms with van der Waals surface area (Å²) in [6, 6.07) is 5.16. The molecule has 0 radical (unpaired) electrons. The zero-order chi connectivity index (χ0) is 17.4. The molecule has 0 saturated carbocycles. The van der Waals surface area contributed by atoms with E-state index in [2.05, 4.69) is 10.2 Å². The van der Waals surface area contributed by atoms with E-state index in [1.54, 1.807) is 18.2 Å². The number of thioether (sulfide) groups is 1. The molecule has 6 nitrogen and oxygen atoms in total. The fraction of sp³-hybridized carbons (Fsp3) is 0.471. The quantitative estimate of drug-likeness (QED) is 0.365. The molecule has 0 spiro atoms. The van der Waals surface area contributed by atoms with E-state index >= 15 is 0 Å². The number of benzene rings is 1. The van der Waals surface area contributed by atoms with Gasteiger partial charge in [0.25, 0.3) is 5.22 Å². The van der Waals surface area contributed by atoms with Crippen LogP contribution in [0.3, 0.4) is 0 Å². The van der Waals surface area contributed by atoms with Crippen LogP contribution in [0.25, 0.3) is 0 Å². The van der Waals surface area contributed by atoms with E-state index in [1.807, 2.05) is 20.8 Å². The average Bonchev–Trinajstić information content (AvgIpc) is 3.05. The number of nitrogens with zero attached hydrogens (tertiary/aromatic N) is 2. The first-order valence-electron chi connectivity index (χ1n) is 7.95. The highest BCUT2D eigenvalue weighted by atomic mass is 32.2. The highest BCUT2D eigenvalue weighted by Gasteiger charge is 2.10. The number of hydrogen-bond acceptors (Lipinski definition) is 7. The highest BCUT2D eigenvalue weighted by Crippen LogP contribution is 2.28. The Labute approximate surface area is 145 Å². The standard InChI is InChI=1S/C17H22N2O4S/c1-4-21-15-10-13(11-20)6-7-14(15)22-8-5-9-24-17-19-18-16(23-17)12(2)3/h6-7,10-12H,4-5,8-9H2,1-3H3. The van der Waals surface area contributed by atoms with Crippen molar-refractivity contribution >= 4 is 18.0 Å². The van der Waals surface area contributed by atoms with Crippen LogP contribution in [0.5, 0.6) is 11.5 Å². The molecule has 0 aliphatic heterocycles. The summed E-state index contributed by atoms with van der Waals surface area (Å²) in [7, 11) is 0. The molecule has 1 heterocycles. The molecule has 1 aromatic heterocycles. The largest absolute Gasteiger partial charge is 0.490 e. The third-order valence-corrected chi connectivity index (χ3v) is 4.00. The van der Waals surface area contributed by atoms with Gasteiger partial charge in [-0.05, 0) is 31.5 Å². The number of carbonyl (C=O) groups is 1. The Hall–Kier alpha value is -2.02. The first-order valence-corrected chi connectivity index (χ1v) is 8.93. The van der Waals surface area contributed by atoms with Crippen LogP contribution in [-0.4, -0.2) is 35.5 Å². The van der Waals surface area contributed by atoms with E-state index < -0.39 is 0 Å². The van der Waals surface area contributed by atoms with Gasteiger partial charge in [0.05, 0.1) is 13.2 Å². The number of hydrogen-bond donors (Lipinski definition) is 0. The Kier molecular flexibility index (Phi) is 7.11. The third-order valence-electron chi connectivity index (χ3n) is 3.09. The second-order valence-electron chi connectivity index (χ2n) is 5.37. The summed E-state index contributed by atoms with van der Waals surface area (Å²) < 4.78 is 16.8. The van der Waals surface area contributed by atoms with Gasteiger partial charge >= 0.3 is 0 Å². The second-order valence-corrected chi connectivity index (χ2v) is 6.41. The van der Waals surface area contributed by atoms with Gasteiger partial charge in [0.2, 0.25) is 5.89 Å². The second kappa shape index (κ2) is 9.32. The lowest BCUT2D eigenvalue weighted by Gasteiger charge is -2.12. The van der Waals surface area contributed by atoms with Crippen LogP contribution in [0, 0.1) is 0 Å². The molecule has 0 amide bonds. The minimum atomic E-state index is 0.238. The lowest BCUT2D eigenvalue weighted by molar-refractivity contribution is 0.112. The molecule has 7 heteroatoms. The Morgan fingerprint density at radius 1 is 1.25 bits per heavy atom. The van der Waals surface area contributed by atoms with Crippen molar-refractivity contribution in [1.82, 2.24) is 10.2 Å². The van der Waals surface area contributed by atoms with Gasteiger partial charge in [0.15, 0.2) is 11.5 Å². The monoisotopic (exact) mass is 350 g/mol. The van der Waals surface area contributed by atoms with Gasteiger partial charge in [-0.2, -0.15) is 0 Å². The predicted molar refractivity (Wildman–Crippen MR) is 92.2 cm³/mol. The molecule has 0 fully saturated rings. The molecule has 2 aromatic rings. The normalized spacial score (nSPS) is 10.8. The molecular weight excluding hydrogens is 328 g/mol. The van der Waals surface area contributed by atoms with Crippen LogP contribution in [0.1, 0.15) is 49.4 Å². The first-order chi connectivity index (χ1) is 11.6. The fourth-order valence-corrected chi connectivity index (χ4v) is 2.58. The smallest absolute Gasteiger partial charge is 0.276 e. The summed E-state index contributed by atoms with van der Waals surface area (Å²) in [6.07, 6.45) is 1.61. The molecule has 2 rings (SSSR count). The predicted octanol–water partition coefficient (Wildman–Crippen LogP) is 3.97. The topological polar surface area (TPSA) is 74.5 Å². The highest BCUT2D eigenvalue weighted by molar-refractivity contribution is 7.99. The molecule has 0 saturated heterocycles. The molecule has 0 aliphatic carbocycles. The molecule has 0 atom stereocenters. The van der Waals surface area contributed by atoms with E-state index in [4.69, 9.17) is 13.9 Å². The van der Waals surface area contributed by atoms with Crippen LogP contribution in [0.4, 0.5) is 0 Å². The van der Waals surface area contributed by atoms with E-state index in [0.29, 0.717) is 41.4 Å². The Morgan fingerprint density at radius 3 is 2.75 bits per heavy atom. The van der Waals surface area contributed by atoms with Gasteiger partial charge in [0, 0.05) is 17.2 Å². The van der Waals surface area contributed by atoms with Crippen molar-refractivity contribution in [2.75, 3.05) is 19.0 Å². The van der Waals surface area contributed by atoms with Gasteiger partial charge in [-0.15, -0.1) is 10.2 Å². The number of ether oxygens (including phenoxy) is 2. The number of aromatic nitrogens is 2. The summed E-state index contributed by atoms with van der Waals surface area (Å²) in [5, 5.41) is 8.59. The molecule has 130 valence electrons. The molecule has 1 aromatic carbocycles. The maximum absolute atomic E-state index is 10.8. The molecule has 0 N–H and O–H groups in total. The van der Waals surface area contributed by atoms with Gasteiger partial charge in [0.1, 0.15) is 6.29 Å². The number of aldehydes is 1. The van der Waals surface area contributed by atoms with Crippen LogP contribution in [0.15, 0.2) is 27.8 Å². The number of rotatable bonds is 10. The SMILES string of the molecule is CCOc1cc(C=O)ccc1OCCCSc1nnc(C(C)C)o1. The lowest BCUT2D eigenvalue weighted by atomic mass is 10.2. The van der Waals surface area contributed by atoms with Crippen molar-refractivity contribution < 1.29 is 18.7 Å².